The average Bonchev–Trinajstić information content (AvgIpc) is 2.87. The lowest BCUT2D eigenvalue weighted by molar-refractivity contribution is -0.136. The number of cyclic esters (lactones) is 1. The van der Waals surface area contributed by atoms with E-state index in [9.17, 15) is 9.59 Å². The molecule has 1 heterocycles. The van der Waals surface area contributed by atoms with Gasteiger partial charge in [-0.05, 0) is 73.1 Å². The van der Waals surface area contributed by atoms with Crippen LogP contribution in [0.2, 0.25) is 36.3 Å². The topological polar surface area (TPSA) is 71.1 Å². The highest BCUT2D eigenvalue weighted by Gasteiger charge is 2.42. The average molecular weight is 631 g/mol. The third kappa shape index (κ3) is 10.7. The van der Waals surface area contributed by atoms with Crippen molar-refractivity contribution < 1.29 is 27.9 Å². The van der Waals surface area contributed by atoms with Crippen LogP contribution < -0.4 is 4.43 Å². The van der Waals surface area contributed by atoms with E-state index in [1.54, 1.807) is 6.08 Å². The summed E-state index contributed by atoms with van der Waals surface area (Å²) in [5.41, 5.74) is 1.49. The number of ether oxygens (including phenoxy) is 2. The molecular formula is C35H58O6Si2. The summed E-state index contributed by atoms with van der Waals surface area (Å²) in [6.07, 6.45) is 8.86. The second-order valence-corrected chi connectivity index (χ2v) is 24.6. The Hall–Kier alpha value is -2.17. The SMILES string of the molecule is C=CCOC(=O)/C=C/C[C@H]1C[C@@H](O[Si](C)(C)C(C)(C)C)[C@@H](C)CCCCc2cccc(O[Si](C)(C)C(C)(C)C)c2C(=O)O1. The van der Waals surface area contributed by atoms with E-state index in [0.29, 0.717) is 30.1 Å². The number of hydrogen-bond acceptors (Lipinski definition) is 6. The molecule has 1 aromatic rings. The van der Waals surface area contributed by atoms with Gasteiger partial charge in [0.25, 0.3) is 8.32 Å². The zero-order chi connectivity index (χ0) is 32.6. The fraction of sp³-hybridized carbons (Fsp3) is 0.657. The third-order valence-corrected chi connectivity index (χ3v) is 18.3. The lowest BCUT2D eigenvalue weighted by Crippen LogP contribution is -2.46. The van der Waals surface area contributed by atoms with E-state index in [0.717, 1.165) is 31.2 Å². The molecule has 0 N–H and O–H groups in total. The van der Waals surface area contributed by atoms with E-state index >= 15 is 0 Å². The van der Waals surface area contributed by atoms with Crippen molar-refractivity contribution in [1.29, 1.82) is 0 Å². The van der Waals surface area contributed by atoms with Gasteiger partial charge < -0.3 is 18.3 Å². The van der Waals surface area contributed by atoms with E-state index in [2.05, 4.69) is 81.2 Å². The van der Waals surface area contributed by atoms with Gasteiger partial charge >= 0.3 is 11.9 Å². The lowest BCUT2D eigenvalue weighted by atomic mass is 9.91. The second kappa shape index (κ2) is 15.2. The van der Waals surface area contributed by atoms with Gasteiger partial charge in [0.05, 0.1) is 6.10 Å². The van der Waals surface area contributed by atoms with Gasteiger partial charge in [0.15, 0.2) is 8.32 Å². The maximum atomic E-state index is 14.1. The second-order valence-electron chi connectivity index (χ2n) is 15.1. The summed E-state index contributed by atoms with van der Waals surface area (Å²) in [5, 5.41) is 0.0231. The predicted octanol–water partition coefficient (Wildman–Crippen LogP) is 9.41. The summed E-state index contributed by atoms with van der Waals surface area (Å²) in [5.74, 6) is 0.0772. The van der Waals surface area contributed by atoms with Crippen LogP contribution >= 0.6 is 0 Å². The molecule has 0 radical (unpaired) electrons. The monoisotopic (exact) mass is 630 g/mol. The van der Waals surface area contributed by atoms with Crippen LogP contribution in [0.3, 0.4) is 0 Å². The number of carbonyl (C=O) groups is 2. The summed E-state index contributed by atoms with van der Waals surface area (Å²) >= 11 is 0. The van der Waals surface area contributed by atoms with Crippen LogP contribution in [0.4, 0.5) is 0 Å². The Labute approximate surface area is 263 Å². The zero-order valence-electron chi connectivity index (χ0n) is 28.8. The molecule has 0 bridgehead atoms. The number of hydrogen-bond donors (Lipinski definition) is 0. The minimum Gasteiger partial charge on any atom is -0.543 e. The van der Waals surface area contributed by atoms with Crippen LogP contribution in [0.25, 0.3) is 0 Å². The molecule has 43 heavy (non-hydrogen) atoms. The number of carbonyl (C=O) groups excluding carboxylic acids is 2. The normalized spacial score (nSPS) is 21.3. The number of esters is 2. The molecule has 2 rings (SSSR count). The maximum absolute atomic E-state index is 14.1. The Morgan fingerprint density at radius 1 is 1.05 bits per heavy atom. The van der Waals surface area contributed by atoms with Crippen molar-refractivity contribution in [2.24, 2.45) is 5.92 Å². The van der Waals surface area contributed by atoms with Crippen molar-refractivity contribution in [3.05, 3.63) is 54.1 Å². The summed E-state index contributed by atoms with van der Waals surface area (Å²) in [6.45, 7) is 28.2. The molecular weight excluding hydrogens is 573 g/mol. The first kappa shape index (κ1) is 37.0. The summed E-state index contributed by atoms with van der Waals surface area (Å²) in [7, 11) is -4.33. The molecule has 1 aliphatic heterocycles. The Kier molecular flexibility index (Phi) is 13.1. The Morgan fingerprint density at radius 2 is 1.70 bits per heavy atom. The predicted molar refractivity (Wildman–Crippen MR) is 182 cm³/mol. The van der Waals surface area contributed by atoms with Gasteiger partial charge in [0.2, 0.25) is 0 Å². The number of benzene rings is 1. The highest BCUT2D eigenvalue weighted by atomic mass is 28.4. The Morgan fingerprint density at radius 3 is 2.30 bits per heavy atom. The van der Waals surface area contributed by atoms with E-state index in [-0.39, 0.29) is 28.8 Å². The van der Waals surface area contributed by atoms with Crippen molar-refractivity contribution in [1.82, 2.24) is 0 Å². The van der Waals surface area contributed by atoms with Gasteiger partial charge in [-0.15, -0.1) is 0 Å². The summed E-state index contributed by atoms with van der Waals surface area (Å²) in [4.78, 5) is 26.3. The Balaban J connectivity index is 2.53. The highest BCUT2D eigenvalue weighted by molar-refractivity contribution is 6.75. The summed E-state index contributed by atoms with van der Waals surface area (Å²) in [6, 6.07) is 5.92. The fourth-order valence-electron chi connectivity index (χ4n) is 4.62. The van der Waals surface area contributed by atoms with Crippen molar-refractivity contribution in [3.63, 3.8) is 0 Å². The number of fused-ring (bicyclic) bond motifs is 1. The molecule has 8 heteroatoms. The molecule has 1 aromatic carbocycles. The molecule has 0 amide bonds. The molecule has 0 saturated carbocycles. The van der Waals surface area contributed by atoms with Crippen molar-refractivity contribution in [2.75, 3.05) is 6.61 Å². The molecule has 0 fully saturated rings. The first-order chi connectivity index (χ1) is 19.8. The van der Waals surface area contributed by atoms with Crippen molar-refractivity contribution in [3.8, 4) is 5.75 Å². The number of aryl methyl sites for hydroxylation is 1. The van der Waals surface area contributed by atoms with Gasteiger partial charge in [-0.2, -0.15) is 0 Å². The molecule has 0 unspecified atom stereocenters. The Bertz CT molecular complexity index is 1130. The molecule has 242 valence electrons. The van der Waals surface area contributed by atoms with Crippen molar-refractivity contribution >= 4 is 28.6 Å². The van der Waals surface area contributed by atoms with Crippen LogP contribution in [-0.4, -0.2) is 47.4 Å². The molecule has 0 spiro atoms. The minimum absolute atomic E-state index is 0.0248. The number of rotatable bonds is 9. The fourth-order valence-corrected chi connectivity index (χ4v) is 7.08. The standard InChI is InChI=1S/C35H58O6Si2/c1-13-24-38-31(36)23-17-21-28-25-30(41-43(11,12)35(6,7)8)26(2)18-14-15-19-27-20-16-22-29(32(27)33(37)39-28)40-42(9,10)34(3,4)5/h13,16-17,20,22-23,26,28,30H,1,14-15,18-19,21,24-25H2,2-12H3/b23-17+/t26-,28-,30+/m0/s1. The molecule has 0 aliphatic carbocycles. The van der Waals surface area contributed by atoms with Gasteiger partial charge in [0.1, 0.15) is 24.0 Å². The highest BCUT2D eigenvalue weighted by Crippen LogP contribution is 2.41. The molecule has 0 saturated heterocycles. The zero-order valence-corrected chi connectivity index (χ0v) is 30.8. The smallest absolute Gasteiger partial charge is 0.342 e. The third-order valence-electron chi connectivity index (χ3n) is 9.50. The van der Waals surface area contributed by atoms with Gasteiger partial charge in [-0.1, -0.05) is 85.8 Å². The van der Waals surface area contributed by atoms with Crippen LogP contribution in [0.1, 0.15) is 96.5 Å². The van der Waals surface area contributed by atoms with Crippen LogP contribution in [-0.2, 0) is 25.1 Å². The maximum Gasteiger partial charge on any atom is 0.342 e. The quantitative estimate of drug-likeness (QED) is 0.117. The van der Waals surface area contributed by atoms with Crippen LogP contribution in [0.5, 0.6) is 5.75 Å². The molecule has 6 nitrogen and oxygen atoms in total. The van der Waals surface area contributed by atoms with Crippen LogP contribution in [0.15, 0.2) is 43.0 Å². The molecule has 3 atom stereocenters. The van der Waals surface area contributed by atoms with Gasteiger partial charge in [-0.3, -0.25) is 0 Å². The largest absolute Gasteiger partial charge is 0.543 e. The first-order valence-corrected chi connectivity index (χ1v) is 21.7. The van der Waals surface area contributed by atoms with Gasteiger partial charge in [-0.25, -0.2) is 9.59 Å². The first-order valence-electron chi connectivity index (χ1n) is 15.9. The molecule has 1 aliphatic rings. The van der Waals surface area contributed by atoms with Crippen LogP contribution in [0, 0.1) is 5.92 Å². The van der Waals surface area contributed by atoms with E-state index in [1.165, 1.54) is 12.2 Å². The van der Waals surface area contributed by atoms with E-state index in [1.807, 2.05) is 18.2 Å². The van der Waals surface area contributed by atoms with E-state index in [4.69, 9.17) is 18.3 Å². The lowest BCUT2D eigenvalue weighted by Gasteiger charge is -2.42. The minimum atomic E-state index is -2.22. The van der Waals surface area contributed by atoms with Gasteiger partial charge in [0, 0.05) is 18.9 Å². The van der Waals surface area contributed by atoms with Crippen molar-refractivity contribution in [2.45, 2.75) is 135 Å². The summed E-state index contributed by atoms with van der Waals surface area (Å²) < 4.78 is 25.2. The molecule has 0 aromatic heterocycles. The van der Waals surface area contributed by atoms with E-state index < -0.39 is 28.7 Å².